The van der Waals surface area contributed by atoms with Crippen molar-refractivity contribution in [3.63, 3.8) is 0 Å². The molecule has 2 unspecified atom stereocenters. The van der Waals surface area contributed by atoms with Crippen LogP contribution in [-0.4, -0.2) is 22.2 Å². The van der Waals surface area contributed by atoms with Crippen molar-refractivity contribution in [3.8, 4) is 11.3 Å². The molecule has 6 nitrogen and oxygen atoms in total. The highest BCUT2D eigenvalue weighted by molar-refractivity contribution is 6.37. The van der Waals surface area contributed by atoms with Gasteiger partial charge in [-0.25, -0.2) is 0 Å². The van der Waals surface area contributed by atoms with Gasteiger partial charge in [0.1, 0.15) is 10.9 Å². The Bertz CT molecular complexity index is 1640. The normalized spacial score (nSPS) is 17.8. The molecule has 1 saturated carbocycles. The van der Waals surface area contributed by atoms with Crippen LogP contribution in [0.4, 0.5) is 0 Å². The van der Waals surface area contributed by atoms with E-state index in [2.05, 4.69) is 10.5 Å². The summed E-state index contributed by atoms with van der Waals surface area (Å²) in [7, 11) is 0. The van der Waals surface area contributed by atoms with Crippen molar-refractivity contribution in [2.24, 2.45) is 5.92 Å². The first-order chi connectivity index (χ1) is 18.1. The summed E-state index contributed by atoms with van der Waals surface area (Å²) in [5.74, 6) is 0.647. The first kappa shape index (κ1) is 23.5. The van der Waals surface area contributed by atoms with Crippen molar-refractivity contribution in [1.82, 2.24) is 15.0 Å². The summed E-state index contributed by atoms with van der Waals surface area (Å²) in [6.45, 7) is 0.572. The van der Waals surface area contributed by atoms with Gasteiger partial charge in [-0.15, -0.1) is 0 Å². The molecule has 0 radical (unpaired) electrons. The van der Waals surface area contributed by atoms with Gasteiger partial charge in [-0.2, -0.15) is 0 Å². The summed E-state index contributed by atoms with van der Waals surface area (Å²) in [6, 6.07) is 24.4. The van der Waals surface area contributed by atoms with Gasteiger partial charge in [0.15, 0.2) is 5.76 Å². The molecule has 1 N–H and O–H groups in total. The second-order valence-corrected chi connectivity index (χ2v) is 10.1. The third-order valence-electron chi connectivity index (χ3n) is 7.36. The van der Waals surface area contributed by atoms with E-state index in [0.29, 0.717) is 33.8 Å². The molecule has 0 spiro atoms. The fraction of sp³-hybridized carbons (Fsp3) is 0.233. The molecule has 1 fully saturated rings. The number of halogens is 1. The largest absolute Gasteiger partial charge is 0.355 e. The van der Waals surface area contributed by atoms with Crippen LogP contribution >= 0.6 is 11.6 Å². The minimum absolute atomic E-state index is 0.0243. The lowest BCUT2D eigenvalue weighted by Crippen LogP contribution is -2.34. The lowest BCUT2D eigenvalue weighted by molar-refractivity contribution is 0.0940. The Morgan fingerprint density at radius 2 is 1.73 bits per heavy atom. The second-order valence-electron chi connectivity index (χ2n) is 9.67. The second kappa shape index (κ2) is 9.87. The first-order valence-corrected chi connectivity index (χ1v) is 13.0. The highest BCUT2D eigenvalue weighted by atomic mass is 35.5. The van der Waals surface area contributed by atoms with E-state index >= 15 is 0 Å². The molecule has 0 saturated heterocycles. The van der Waals surface area contributed by atoms with Crippen LogP contribution in [0, 0.1) is 5.92 Å². The molecule has 6 rings (SSSR count). The van der Waals surface area contributed by atoms with E-state index in [9.17, 15) is 9.59 Å². The van der Waals surface area contributed by atoms with E-state index < -0.39 is 0 Å². The molecule has 5 aromatic rings. The van der Waals surface area contributed by atoms with Crippen LogP contribution in [0.2, 0.25) is 5.02 Å². The maximum atomic E-state index is 14.1. The smallest absolute Gasteiger partial charge is 0.264 e. The number of hydrogen-bond donors (Lipinski definition) is 1. The van der Waals surface area contributed by atoms with Gasteiger partial charge in [0.25, 0.3) is 11.5 Å². The number of nitrogens with zero attached hydrogens (tertiary/aromatic N) is 2. The fourth-order valence-electron chi connectivity index (χ4n) is 5.60. The van der Waals surface area contributed by atoms with Gasteiger partial charge in [0.05, 0.1) is 10.5 Å². The average molecular weight is 512 g/mol. The number of rotatable bonds is 5. The third kappa shape index (κ3) is 4.31. The van der Waals surface area contributed by atoms with Crippen molar-refractivity contribution in [3.05, 3.63) is 99.8 Å². The molecule has 1 aliphatic carbocycles. The van der Waals surface area contributed by atoms with E-state index in [1.807, 2.05) is 83.4 Å². The quantitative estimate of drug-likeness (QED) is 0.287. The van der Waals surface area contributed by atoms with Crippen molar-refractivity contribution in [2.45, 2.75) is 31.7 Å². The van der Waals surface area contributed by atoms with E-state index in [-0.39, 0.29) is 23.4 Å². The summed E-state index contributed by atoms with van der Waals surface area (Å²) in [6.07, 6.45) is 3.64. The minimum atomic E-state index is -0.121. The van der Waals surface area contributed by atoms with Crippen LogP contribution in [0.3, 0.4) is 0 Å². The van der Waals surface area contributed by atoms with Crippen LogP contribution in [0.5, 0.6) is 0 Å². The van der Waals surface area contributed by atoms with Crippen molar-refractivity contribution >= 4 is 39.3 Å². The van der Waals surface area contributed by atoms with Gasteiger partial charge in [-0.05, 0) is 49.4 Å². The summed E-state index contributed by atoms with van der Waals surface area (Å²) < 4.78 is 7.63. The van der Waals surface area contributed by atoms with Gasteiger partial charge < -0.3 is 14.4 Å². The SMILES string of the molecule is O=C(NCC1CCCC(n2c(=O)c3c(-c4ccccc4)onc3c3c(Cl)cccc32)C1)c1ccccc1. The summed E-state index contributed by atoms with van der Waals surface area (Å²) >= 11 is 6.68. The van der Waals surface area contributed by atoms with E-state index in [0.717, 1.165) is 42.1 Å². The Balaban J connectivity index is 1.39. The standard InChI is InChI=1S/C30H26ClN3O3/c31-23-15-8-16-24-25(23)27-26(28(37-33-27)20-10-3-1-4-11-20)30(36)34(24)22-14-7-9-19(17-22)18-32-29(35)21-12-5-2-6-13-21/h1-6,8,10-13,15-16,19,22H,7,9,14,17-18H2,(H,32,35). The monoisotopic (exact) mass is 511 g/mol. The zero-order chi connectivity index (χ0) is 25.4. The average Bonchev–Trinajstić information content (AvgIpc) is 3.39. The zero-order valence-corrected chi connectivity index (χ0v) is 20.9. The van der Waals surface area contributed by atoms with Crippen molar-refractivity contribution in [2.75, 3.05) is 6.54 Å². The molecule has 1 aliphatic rings. The third-order valence-corrected chi connectivity index (χ3v) is 7.67. The minimum Gasteiger partial charge on any atom is -0.355 e. The number of aromatic nitrogens is 2. The predicted octanol–water partition coefficient (Wildman–Crippen LogP) is 6.62. The molecule has 0 aliphatic heterocycles. The number of benzene rings is 3. The number of carbonyl (C=O) groups excluding carboxylic acids is 1. The molecule has 2 atom stereocenters. The molecule has 7 heteroatoms. The van der Waals surface area contributed by atoms with E-state index in [1.54, 1.807) is 0 Å². The fourth-order valence-corrected chi connectivity index (χ4v) is 5.86. The number of hydrogen-bond acceptors (Lipinski definition) is 4. The Hall–Kier alpha value is -3.90. The number of nitrogens with one attached hydrogen (secondary N) is 1. The van der Waals surface area contributed by atoms with Crippen LogP contribution in [0.15, 0.2) is 88.2 Å². The lowest BCUT2D eigenvalue weighted by atomic mass is 9.85. The Kier molecular flexibility index (Phi) is 6.26. The highest BCUT2D eigenvalue weighted by Crippen LogP contribution is 2.38. The maximum Gasteiger partial charge on any atom is 0.264 e. The van der Waals surface area contributed by atoms with Gasteiger partial charge >= 0.3 is 0 Å². The molecule has 37 heavy (non-hydrogen) atoms. The van der Waals surface area contributed by atoms with Crippen molar-refractivity contribution < 1.29 is 9.32 Å². The molecule has 0 bridgehead atoms. The molecular formula is C30H26ClN3O3. The Morgan fingerprint density at radius 3 is 2.51 bits per heavy atom. The predicted molar refractivity (Wildman–Crippen MR) is 146 cm³/mol. The summed E-state index contributed by atoms with van der Waals surface area (Å²) in [5.41, 5.74) is 2.58. The highest BCUT2D eigenvalue weighted by Gasteiger charge is 2.29. The molecule has 2 aromatic heterocycles. The van der Waals surface area contributed by atoms with Crippen LogP contribution in [0.25, 0.3) is 33.1 Å². The Labute approximate surface area is 218 Å². The van der Waals surface area contributed by atoms with Crippen LogP contribution in [0.1, 0.15) is 42.1 Å². The molecule has 2 heterocycles. The van der Waals surface area contributed by atoms with Crippen LogP contribution < -0.4 is 10.9 Å². The Morgan fingerprint density at radius 1 is 0.973 bits per heavy atom. The van der Waals surface area contributed by atoms with Gasteiger partial charge in [0.2, 0.25) is 0 Å². The number of fused-ring (bicyclic) bond motifs is 3. The molecule has 1 amide bonds. The van der Waals surface area contributed by atoms with Gasteiger partial charge in [-0.1, -0.05) is 77.8 Å². The van der Waals surface area contributed by atoms with Crippen molar-refractivity contribution in [1.29, 1.82) is 0 Å². The maximum absolute atomic E-state index is 14.1. The number of amides is 1. The van der Waals surface area contributed by atoms with E-state index in [4.69, 9.17) is 16.1 Å². The van der Waals surface area contributed by atoms with Crippen LogP contribution in [-0.2, 0) is 0 Å². The first-order valence-electron chi connectivity index (χ1n) is 12.6. The molecule has 3 aromatic carbocycles. The van der Waals surface area contributed by atoms with Gasteiger partial charge in [0, 0.05) is 29.1 Å². The number of pyridine rings is 1. The topological polar surface area (TPSA) is 77.1 Å². The molecule has 186 valence electrons. The number of carbonyl (C=O) groups is 1. The summed E-state index contributed by atoms with van der Waals surface area (Å²) in [5, 5.41) is 9.10. The lowest BCUT2D eigenvalue weighted by Gasteiger charge is -2.31. The molecular weight excluding hydrogens is 486 g/mol. The van der Waals surface area contributed by atoms with Gasteiger partial charge in [-0.3, -0.25) is 9.59 Å². The zero-order valence-electron chi connectivity index (χ0n) is 20.2. The van der Waals surface area contributed by atoms with E-state index in [1.165, 1.54) is 0 Å². The summed E-state index contributed by atoms with van der Waals surface area (Å²) in [4.78, 5) is 26.7.